The van der Waals surface area contributed by atoms with Gasteiger partial charge in [-0.05, 0) is 50.2 Å². The summed E-state index contributed by atoms with van der Waals surface area (Å²) in [6, 6.07) is 11.2. The molecule has 0 aliphatic rings. The lowest BCUT2D eigenvalue weighted by Crippen LogP contribution is -2.05. The van der Waals surface area contributed by atoms with Crippen molar-refractivity contribution in [2.75, 3.05) is 13.2 Å². The Morgan fingerprint density at radius 2 is 1.14 bits per heavy atom. The molecule has 0 fully saturated rings. The van der Waals surface area contributed by atoms with Crippen LogP contribution in [0.1, 0.15) is 34.6 Å². The predicted octanol–water partition coefficient (Wildman–Crippen LogP) is 4.18. The van der Waals surface area contributed by atoms with Crippen molar-refractivity contribution in [3.05, 3.63) is 47.5 Å². The molecule has 0 atom stereocenters. The monoisotopic (exact) mass is 378 g/mol. The largest absolute Gasteiger partial charge is 0.462 e. The molecule has 4 aromatic rings. The van der Waals surface area contributed by atoms with Gasteiger partial charge in [0.2, 0.25) is 0 Å². The third-order valence-electron chi connectivity index (χ3n) is 5.15. The number of benzene rings is 2. The van der Waals surface area contributed by atoms with Gasteiger partial charge in [-0.2, -0.15) is 0 Å². The van der Waals surface area contributed by atoms with Crippen molar-refractivity contribution in [3.63, 3.8) is 0 Å². The number of hydrogen-bond acceptors (Lipinski definition) is 4. The number of fused-ring (bicyclic) bond motifs is 5. The van der Waals surface area contributed by atoms with E-state index < -0.39 is 0 Å². The summed E-state index contributed by atoms with van der Waals surface area (Å²) in [5, 5.41) is 2.09. The second kappa shape index (κ2) is 6.71. The fraction of sp³-hybridized carbons (Fsp3) is 0.273. The van der Waals surface area contributed by atoms with Crippen molar-refractivity contribution in [3.8, 4) is 0 Å². The van der Waals surface area contributed by atoms with E-state index in [1.54, 1.807) is 26.0 Å². The highest BCUT2D eigenvalue weighted by Gasteiger charge is 2.19. The minimum absolute atomic E-state index is 0.321. The van der Waals surface area contributed by atoms with Crippen LogP contribution >= 0.6 is 0 Å². The minimum Gasteiger partial charge on any atom is -0.462 e. The first-order chi connectivity index (χ1) is 13.5. The summed E-state index contributed by atoms with van der Waals surface area (Å²) in [4.78, 5) is 24.2. The normalized spacial score (nSPS) is 11.4. The first-order valence-electron chi connectivity index (χ1n) is 9.32. The number of carbonyl (C=O) groups excluding carboxylic acids is 2. The van der Waals surface area contributed by atoms with E-state index in [1.165, 1.54) is 0 Å². The average Bonchev–Trinajstić information content (AvgIpc) is 3.15. The Labute approximate surface area is 162 Å². The van der Waals surface area contributed by atoms with Crippen LogP contribution in [0.3, 0.4) is 0 Å². The molecule has 4 rings (SSSR count). The van der Waals surface area contributed by atoms with Crippen LogP contribution in [-0.4, -0.2) is 34.3 Å². The highest BCUT2D eigenvalue weighted by molar-refractivity contribution is 6.19. The lowest BCUT2D eigenvalue weighted by atomic mass is 10.1. The van der Waals surface area contributed by atoms with Crippen molar-refractivity contribution in [2.45, 2.75) is 13.8 Å². The molecular formula is C22H22N2O4. The lowest BCUT2D eigenvalue weighted by Gasteiger charge is -2.06. The number of nitrogens with zero attached hydrogens (tertiary/aromatic N) is 2. The van der Waals surface area contributed by atoms with Gasteiger partial charge in [0.25, 0.3) is 0 Å². The molecule has 0 saturated heterocycles. The second-order valence-corrected chi connectivity index (χ2v) is 6.72. The summed E-state index contributed by atoms with van der Waals surface area (Å²) in [6.45, 7) is 4.28. The van der Waals surface area contributed by atoms with Crippen molar-refractivity contribution in [1.82, 2.24) is 9.13 Å². The zero-order valence-corrected chi connectivity index (χ0v) is 16.4. The third kappa shape index (κ3) is 2.56. The number of ether oxygens (including phenoxy) is 2. The maximum atomic E-state index is 12.1. The summed E-state index contributed by atoms with van der Waals surface area (Å²) < 4.78 is 14.4. The fourth-order valence-corrected chi connectivity index (χ4v) is 3.88. The summed E-state index contributed by atoms with van der Waals surface area (Å²) in [6.07, 6.45) is 0. The molecule has 2 heterocycles. The molecule has 2 aromatic heterocycles. The van der Waals surface area contributed by atoms with Gasteiger partial charge in [0.05, 0.1) is 46.4 Å². The van der Waals surface area contributed by atoms with E-state index in [2.05, 4.69) is 9.13 Å². The maximum Gasteiger partial charge on any atom is 0.338 e. The Morgan fingerprint density at radius 3 is 1.50 bits per heavy atom. The van der Waals surface area contributed by atoms with Crippen molar-refractivity contribution in [2.24, 2.45) is 14.1 Å². The highest BCUT2D eigenvalue weighted by atomic mass is 16.5. The summed E-state index contributed by atoms with van der Waals surface area (Å²) in [7, 11) is 3.97. The van der Waals surface area contributed by atoms with Gasteiger partial charge in [-0.3, -0.25) is 0 Å². The van der Waals surface area contributed by atoms with Crippen LogP contribution in [0.4, 0.5) is 0 Å². The average molecular weight is 378 g/mol. The van der Waals surface area contributed by atoms with Crippen molar-refractivity contribution >= 4 is 44.8 Å². The van der Waals surface area contributed by atoms with Gasteiger partial charge in [-0.15, -0.1) is 0 Å². The molecule has 0 unspecified atom stereocenters. The number of rotatable bonds is 4. The quantitative estimate of drug-likeness (QED) is 0.500. The molecule has 0 amide bonds. The Hall–Kier alpha value is -3.28. The van der Waals surface area contributed by atoms with Gasteiger partial charge in [0, 0.05) is 24.9 Å². The topological polar surface area (TPSA) is 62.5 Å². The van der Waals surface area contributed by atoms with Gasteiger partial charge >= 0.3 is 11.9 Å². The van der Waals surface area contributed by atoms with Crippen LogP contribution in [0.15, 0.2) is 36.4 Å². The minimum atomic E-state index is -0.321. The standard InChI is InChI=1S/C22H22N2O4/c1-5-27-21(25)13-7-9-15-17(11-13)23(3)20-16-10-8-14(22(26)28-6-2)12-18(16)24(4)19(15)20/h7-12H,5-6H2,1-4H3. The van der Waals surface area contributed by atoms with Crippen LogP contribution in [0.2, 0.25) is 0 Å². The zero-order valence-electron chi connectivity index (χ0n) is 16.4. The number of aryl methyl sites for hydroxylation is 2. The van der Waals surface area contributed by atoms with Crippen LogP contribution < -0.4 is 0 Å². The van der Waals surface area contributed by atoms with Crippen LogP contribution in [-0.2, 0) is 23.6 Å². The van der Waals surface area contributed by atoms with Gasteiger partial charge in [-0.1, -0.05) is 0 Å². The molecule has 2 aromatic carbocycles. The maximum absolute atomic E-state index is 12.1. The van der Waals surface area contributed by atoms with E-state index in [9.17, 15) is 9.59 Å². The molecule has 144 valence electrons. The molecule has 6 nitrogen and oxygen atoms in total. The van der Waals surface area contributed by atoms with E-state index in [-0.39, 0.29) is 11.9 Å². The summed E-state index contributed by atoms with van der Waals surface area (Å²) in [5.41, 5.74) is 5.11. The number of esters is 2. The van der Waals surface area contributed by atoms with E-state index in [1.807, 2.05) is 38.4 Å². The second-order valence-electron chi connectivity index (χ2n) is 6.72. The van der Waals surface area contributed by atoms with Crippen LogP contribution in [0, 0.1) is 0 Å². The molecule has 0 aliphatic carbocycles. The molecule has 0 N–H and O–H groups in total. The molecule has 28 heavy (non-hydrogen) atoms. The smallest absolute Gasteiger partial charge is 0.338 e. The van der Waals surface area contributed by atoms with Gasteiger partial charge < -0.3 is 18.6 Å². The Kier molecular flexibility index (Phi) is 4.34. The Morgan fingerprint density at radius 1 is 0.750 bits per heavy atom. The lowest BCUT2D eigenvalue weighted by molar-refractivity contribution is 0.0517. The fourth-order valence-electron chi connectivity index (χ4n) is 3.88. The van der Waals surface area contributed by atoms with Gasteiger partial charge in [0.15, 0.2) is 0 Å². The molecular weight excluding hydrogens is 356 g/mol. The highest BCUT2D eigenvalue weighted by Crippen LogP contribution is 2.36. The molecule has 0 saturated carbocycles. The van der Waals surface area contributed by atoms with Gasteiger partial charge in [-0.25, -0.2) is 9.59 Å². The summed E-state index contributed by atoms with van der Waals surface area (Å²) in [5.74, 6) is -0.641. The Bertz CT molecular complexity index is 1150. The molecule has 6 heteroatoms. The van der Waals surface area contributed by atoms with Crippen molar-refractivity contribution < 1.29 is 19.1 Å². The van der Waals surface area contributed by atoms with E-state index >= 15 is 0 Å². The molecule has 0 bridgehead atoms. The van der Waals surface area contributed by atoms with Crippen LogP contribution in [0.5, 0.6) is 0 Å². The number of carbonyl (C=O) groups is 2. The third-order valence-corrected chi connectivity index (χ3v) is 5.15. The number of aromatic nitrogens is 2. The molecule has 0 radical (unpaired) electrons. The van der Waals surface area contributed by atoms with Crippen molar-refractivity contribution in [1.29, 1.82) is 0 Å². The van der Waals surface area contributed by atoms with E-state index in [4.69, 9.17) is 9.47 Å². The van der Waals surface area contributed by atoms with E-state index in [0.29, 0.717) is 24.3 Å². The predicted molar refractivity (Wildman–Crippen MR) is 109 cm³/mol. The first kappa shape index (κ1) is 18.1. The van der Waals surface area contributed by atoms with Crippen LogP contribution in [0.25, 0.3) is 32.8 Å². The Balaban J connectivity index is 1.96. The molecule has 0 spiro atoms. The van der Waals surface area contributed by atoms with E-state index in [0.717, 1.165) is 32.8 Å². The number of hydrogen-bond donors (Lipinski definition) is 0. The summed E-state index contributed by atoms with van der Waals surface area (Å²) >= 11 is 0. The first-order valence-corrected chi connectivity index (χ1v) is 9.32. The van der Waals surface area contributed by atoms with Gasteiger partial charge in [0.1, 0.15) is 0 Å². The molecule has 0 aliphatic heterocycles. The SMILES string of the molecule is CCOC(=O)c1ccc2c(c1)n(C)c1c3ccc(C(=O)OCC)cc3n(C)c21. The zero-order chi connectivity index (χ0) is 20.0.